The van der Waals surface area contributed by atoms with E-state index in [0.717, 1.165) is 5.56 Å². The van der Waals surface area contributed by atoms with E-state index in [9.17, 15) is 19.2 Å². The lowest BCUT2D eigenvalue weighted by atomic mass is 10.1. The molecule has 2 atom stereocenters. The first-order valence-corrected chi connectivity index (χ1v) is 11.2. The van der Waals surface area contributed by atoms with E-state index in [-0.39, 0.29) is 37.2 Å². The highest BCUT2D eigenvalue weighted by atomic mass is 16.6. The lowest BCUT2D eigenvalue weighted by Gasteiger charge is -2.19. The van der Waals surface area contributed by atoms with Crippen LogP contribution < -0.4 is 16.6 Å². The molecule has 0 saturated heterocycles. The predicted octanol–water partition coefficient (Wildman–Crippen LogP) is 1.13. The van der Waals surface area contributed by atoms with Gasteiger partial charge in [-0.2, -0.15) is 4.98 Å². The summed E-state index contributed by atoms with van der Waals surface area (Å²) in [4.78, 5) is 58.2. The van der Waals surface area contributed by atoms with Crippen molar-refractivity contribution in [2.45, 2.75) is 39.5 Å². The van der Waals surface area contributed by atoms with Crippen molar-refractivity contribution in [1.82, 2.24) is 24.8 Å². The summed E-state index contributed by atoms with van der Waals surface area (Å²) in [5.41, 5.74) is 6.43. The minimum absolute atomic E-state index is 0.00627. The zero-order chi connectivity index (χ0) is 26.1. The molecule has 3 aromatic rings. The van der Waals surface area contributed by atoms with Crippen LogP contribution in [0.2, 0.25) is 0 Å². The second-order valence-electron chi connectivity index (χ2n) is 8.08. The molecular weight excluding hydrogens is 472 g/mol. The summed E-state index contributed by atoms with van der Waals surface area (Å²) in [6, 6.07) is 8.16. The van der Waals surface area contributed by atoms with Gasteiger partial charge in [-0.15, -0.1) is 0 Å². The number of benzene rings is 1. The van der Waals surface area contributed by atoms with Crippen LogP contribution in [-0.4, -0.2) is 56.8 Å². The molecule has 0 radical (unpaired) electrons. The largest absolute Gasteiger partial charge is 0.465 e. The Morgan fingerprint density at radius 2 is 1.86 bits per heavy atom. The third kappa shape index (κ3) is 7.55. The number of esters is 2. The number of nitrogens with two attached hydrogens (primary N) is 1. The summed E-state index contributed by atoms with van der Waals surface area (Å²) in [7, 11) is 0. The van der Waals surface area contributed by atoms with E-state index in [1.807, 2.05) is 30.3 Å². The number of ether oxygens (including phenoxy) is 3. The van der Waals surface area contributed by atoms with Crippen LogP contribution in [0.1, 0.15) is 25.8 Å². The van der Waals surface area contributed by atoms with E-state index in [2.05, 4.69) is 20.3 Å². The number of carbonyl (C=O) groups excluding carboxylic acids is 3. The van der Waals surface area contributed by atoms with E-state index in [1.54, 1.807) is 4.57 Å². The number of anilines is 1. The number of alkyl carbamates (subject to hydrolysis) is 1. The number of amides is 1. The van der Waals surface area contributed by atoms with Gasteiger partial charge in [-0.05, 0) is 18.9 Å². The van der Waals surface area contributed by atoms with Crippen molar-refractivity contribution in [2.24, 2.45) is 5.92 Å². The average Bonchev–Trinajstić information content (AvgIpc) is 3.25. The highest BCUT2D eigenvalue weighted by Crippen LogP contribution is 2.12. The first kappa shape index (κ1) is 26.2. The molecule has 1 aromatic carbocycles. The van der Waals surface area contributed by atoms with E-state index in [1.165, 1.54) is 20.2 Å². The lowest BCUT2D eigenvalue weighted by molar-refractivity contribution is -0.149. The van der Waals surface area contributed by atoms with Crippen molar-refractivity contribution >= 4 is 35.1 Å². The molecule has 36 heavy (non-hydrogen) atoms. The first-order valence-electron chi connectivity index (χ1n) is 11.2. The van der Waals surface area contributed by atoms with Crippen molar-refractivity contribution in [1.29, 1.82) is 0 Å². The van der Waals surface area contributed by atoms with Crippen molar-refractivity contribution in [3.63, 3.8) is 0 Å². The maximum Gasteiger partial charge on any atom is 0.408 e. The number of aromatic amines is 1. The fourth-order valence-electron chi connectivity index (χ4n) is 3.23. The number of aryl methyl sites for hydroxylation is 1. The van der Waals surface area contributed by atoms with Crippen LogP contribution in [0, 0.1) is 5.92 Å². The molecule has 13 heteroatoms. The minimum Gasteiger partial charge on any atom is -0.465 e. The summed E-state index contributed by atoms with van der Waals surface area (Å²) in [6.45, 7) is 3.09. The molecule has 0 fully saturated rings. The van der Waals surface area contributed by atoms with Crippen molar-refractivity contribution in [3.05, 3.63) is 52.6 Å². The monoisotopic (exact) mass is 500 g/mol. The number of nitrogen functional groups attached to an aromatic ring is 1. The standard InChI is InChI=1S/C23H28N6O7/c1-14(26-23(33)36-10-16-6-4-3-5-7-16)21(32)35-12-17(11-34-15(2)30)8-9-29-13-25-18-19(29)27-22(24)28-20(18)31/h3-7,13-14,17H,8-12H2,1-2H3,(H,26,33)(H3,24,27,28,31)/t14-,17?/m0/s1. The topological polar surface area (TPSA) is 181 Å². The van der Waals surface area contributed by atoms with Crippen LogP contribution in [-0.2, 0) is 37.0 Å². The van der Waals surface area contributed by atoms with Gasteiger partial charge in [0.2, 0.25) is 5.95 Å². The molecule has 0 aliphatic carbocycles. The summed E-state index contributed by atoms with van der Waals surface area (Å²) in [6.07, 6.45) is 1.10. The molecule has 3 rings (SSSR count). The summed E-state index contributed by atoms with van der Waals surface area (Å²) in [5, 5.41) is 2.42. The number of fused-ring (bicyclic) bond motifs is 1. The predicted molar refractivity (Wildman–Crippen MR) is 127 cm³/mol. The van der Waals surface area contributed by atoms with Gasteiger partial charge < -0.3 is 29.8 Å². The van der Waals surface area contributed by atoms with Crippen LogP contribution in [0.4, 0.5) is 10.7 Å². The van der Waals surface area contributed by atoms with Gasteiger partial charge in [0, 0.05) is 19.4 Å². The molecule has 2 aromatic heterocycles. The molecular formula is C23H28N6O7. The fraction of sp³-hybridized carbons (Fsp3) is 0.391. The van der Waals surface area contributed by atoms with Gasteiger partial charge in [-0.25, -0.2) is 14.6 Å². The summed E-state index contributed by atoms with van der Waals surface area (Å²) >= 11 is 0. The van der Waals surface area contributed by atoms with E-state index in [0.29, 0.717) is 18.6 Å². The molecule has 0 saturated carbocycles. The highest BCUT2D eigenvalue weighted by molar-refractivity contribution is 5.80. The van der Waals surface area contributed by atoms with Crippen LogP contribution in [0.3, 0.4) is 0 Å². The SMILES string of the molecule is CC(=O)OCC(CCn1cnc2c(=O)[nH]c(N)nc21)COC(=O)[C@H](C)NC(=O)OCc1ccccc1. The quantitative estimate of drug-likeness (QED) is 0.255. The smallest absolute Gasteiger partial charge is 0.408 e. The highest BCUT2D eigenvalue weighted by Gasteiger charge is 2.21. The Labute approximate surface area is 206 Å². The van der Waals surface area contributed by atoms with Crippen molar-refractivity contribution in [2.75, 3.05) is 18.9 Å². The van der Waals surface area contributed by atoms with Crippen molar-refractivity contribution < 1.29 is 28.6 Å². The van der Waals surface area contributed by atoms with Gasteiger partial charge in [0.15, 0.2) is 11.2 Å². The van der Waals surface area contributed by atoms with Crippen LogP contribution in [0.15, 0.2) is 41.5 Å². The zero-order valence-corrected chi connectivity index (χ0v) is 19.9. The van der Waals surface area contributed by atoms with Crippen LogP contribution in [0.5, 0.6) is 0 Å². The maximum absolute atomic E-state index is 12.4. The maximum atomic E-state index is 12.4. The number of imidazole rings is 1. The van der Waals surface area contributed by atoms with Gasteiger partial charge in [0.05, 0.1) is 19.5 Å². The number of carbonyl (C=O) groups is 3. The molecule has 0 bridgehead atoms. The molecule has 0 aliphatic rings. The van der Waals surface area contributed by atoms with E-state index in [4.69, 9.17) is 19.9 Å². The van der Waals surface area contributed by atoms with Crippen LogP contribution in [0.25, 0.3) is 11.2 Å². The van der Waals surface area contributed by atoms with E-state index >= 15 is 0 Å². The third-order valence-electron chi connectivity index (χ3n) is 5.16. The zero-order valence-electron chi connectivity index (χ0n) is 19.9. The fourth-order valence-corrected chi connectivity index (χ4v) is 3.23. The molecule has 2 heterocycles. The molecule has 0 spiro atoms. The summed E-state index contributed by atoms with van der Waals surface area (Å²) < 4.78 is 17.2. The lowest BCUT2D eigenvalue weighted by Crippen LogP contribution is -2.40. The number of rotatable bonds is 11. The Kier molecular flexibility index (Phi) is 8.97. The molecule has 0 aliphatic heterocycles. The average molecular weight is 501 g/mol. The Morgan fingerprint density at radius 3 is 2.58 bits per heavy atom. The molecule has 1 amide bonds. The Balaban J connectivity index is 1.52. The molecule has 4 N–H and O–H groups in total. The molecule has 13 nitrogen and oxygen atoms in total. The van der Waals surface area contributed by atoms with Gasteiger partial charge in [0.25, 0.3) is 5.56 Å². The summed E-state index contributed by atoms with van der Waals surface area (Å²) in [5.74, 6) is -1.56. The number of hydrogen-bond acceptors (Lipinski definition) is 10. The number of nitrogens with one attached hydrogen (secondary N) is 2. The Bertz CT molecular complexity index is 1260. The Morgan fingerprint density at radius 1 is 1.14 bits per heavy atom. The first-order chi connectivity index (χ1) is 17.2. The van der Waals surface area contributed by atoms with Crippen molar-refractivity contribution in [3.8, 4) is 0 Å². The number of hydrogen-bond donors (Lipinski definition) is 3. The molecule has 192 valence electrons. The van der Waals surface area contributed by atoms with Crippen LogP contribution >= 0.6 is 0 Å². The minimum atomic E-state index is -0.959. The number of aromatic nitrogens is 4. The van der Waals surface area contributed by atoms with E-state index < -0.39 is 29.6 Å². The normalized spacial score (nSPS) is 12.5. The number of nitrogens with zero attached hydrogens (tertiary/aromatic N) is 3. The second kappa shape index (κ2) is 12.3. The van der Waals surface area contributed by atoms with Gasteiger partial charge in [-0.3, -0.25) is 14.6 Å². The van der Waals surface area contributed by atoms with Gasteiger partial charge in [0.1, 0.15) is 12.6 Å². The number of H-pyrrole nitrogens is 1. The second-order valence-corrected chi connectivity index (χ2v) is 8.08. The Hall–Kier alpha value is -4.42. The van der Waals surface area contributed by atoms with Gasteiger partial charge >= 0.3 is 18.0 Å². The molecule has 1 unspecified atom stereocenters. The third-order valence-corrected chi connectivity index (χ3v) is 5.16. The van der Waals surface area contributed by atoms with Gasteiger partial charge in [-0.1, -0.05) is 30.3 Å².